The van der Waals surface area contributed by atoms with E-state index in [1.807, 2.05) is 0 Å². The molecule has 1 aliphatic heterocycles. The van der Waals surface area contributed by atoms with Crippen molar-refractivity contribution in [2.24, 2.45) is 5.73 Å². The fourth-order valence-electron chi connectivity index (χ4n) is 1.81. The van der Waals surface area contributed by atoms with Gasteiger partial charge in [0.1, 0.15) is 5.75 Å². The van der Waals surface area contributed by atoms with E-state index in [0.717, 1.165) is 4.90 Å². The topological polar surface area (TPSA) is 102 Å². The van der Waals surface area contributed by atoms with Crippen LogP contribution in [0.3, 0.4) is 0 Å². The molecule has 3 amide bonds. The van der Waals surface area contributed by atoms with Gasteiger partial charge < -0.3 is 15.8 Å². The third-order valence-corrected chi connectivity index (χ3v) is 2.77. The Morgan fingerprint density at radius 2 is 2.11 bits per heavy atom. The Labute approximate surface area is 109 Å². The second kappa shape index (κ2) is 4.60. The quantitative estimate of drug-likeness (QED) is 0.686. The van der Waals surface area contributed by atoms with Gasteiger partial charge >= 0.3 is 11.8 Å². The third-order valence-electron chi connectivity index (χ3n) is 2.77. The lowest BCUT2D eigenvalue weighted by molar-refractivity contribution is -0.139. The molecule has 100 valence electrons. The van der Waals surface area contributed by atoms with Gasteiger partial charge in [-0.1, -0.05) is 0 Å². The van der Waals surface area contributed by atoms with Crippen molar-refractivity contribution in [3.8, 4) is 5.75 Å². The first-order valence-electron chi connectivity index (χ1n) is 5.62. The van der Waals surface area contributed by atoms with Gasteiger partial charge in [0, 0.05) is 12.7 Å². The molecule has 0 aliphatic carbocycles. The maximum absolute atomic E-state index is 12.0. The molecule has 0 aromatic heterocycles. The molecule has 1 aromatic carbocycles. The van der Waals surface area contributed by atoms with Crippen LogP contribution in [0.5, 0.6) is 5.75 Å². The van der Waals surface area contributed by atoms with Crippen LogP contribution in [0.15, 0.2) is 18.2 Å². The van der Waals surface area contributed by atoms with E-state index in [2.05, 4.69) is 5.32 Å². The van der Waals surface area contributed by atoms with Crippen LogP contribution in [0.25, 0.3) is 0 Å². The molecule has 0 saturated carbocycles. The molecule has 7 nitrogen and oxygen atoms in total. The van der Waals surface area contributed by atoms with Crippen LogP contribution >= 0.6 is 0 Å². The van der Waals surface area contributed by atoms with Crippen molar-refractivity contribution in [2.45, 2.75) is 13.0 Å². The maximum Gasteiger partial charge on any atom is 0.323 e. The molecule has 2 rings (SSSR count). The highest BCUT2D eigenvalue weighted by Crippen LogP contribution is 2.36. The summed E-state index contributed by atoms with van der Waals surface area (Å²) in [6.07, 6.45) is -0.851. The van der Waals surface area contributed by atoms with Gasteiger partial charge in [-0.3, -0.25) is 14.4 Å². The monoisotopic (exact) mass is 263 g/mol. The lowest BCUT2D eigenvalue weighted by atomic mass is 10.1. The van der Waals surface area contributed by atoms with Crippen LogP contribution < -0.4 is 20.7 Å². The smallest absolute Gasteiger partial charge is 0.323 e. The number of nitrogens with two attached hydrogens (primary N) is 1. The molecule has 3 N–H and O–H groups in total. The van der Waals surface area contributed by atoms with Gasteiger partial charge in [0.25, 0.3) is 5.91 Å². The van der Waals surface area contributed by atoms with Gasteiger partial charge in [-0.15, -0.1) is 0 Å². The lowest BCUT2D eigenvalue weighted by Gasteiger charge is -2.31. The molecule has 1 heterocycles. The zero-order chi connectivity index (χ0) is 14.2. The number of hydrogen-bond acceptors (Lipinski definition) is 5. The van der Waals surface area contributed by atoms with Crippen LogP contribution in [0, 0.1) is 0 Å². The summed E-state index contributed by atoms with van der Waals surface area (Å²) in [6, 6.07) is 4.89. The SMILES string of the molecule is CNc1ccc2c(c1)N(C(=O)C(N)=O)C(=O)C(C)O2. The lowest BCUT2D eigenvalue weighted by Crippen LogP contribution is -2.51. The molecule has 1 aliphatic rings. The van der Waals surface area contributed by atoms with Crippen LogP contribution in [0.4, 0.5) is 11.4 Å². The Kier molecular flexibility index (Phi) is 3.12. The fraction of sp³-hybridized carbons (Fsp3) is 0.250. The van der Waals surface area contributed by atoms with Crippen molar-refractivity contribution in [1.82, 2.24) is 0 Å². The highest BCUT2D eigenvalue weighted by molar-refractivity contribution is 6.45. The number of benzene rings is 1. The highest BCUT2D eigenvalue weighted by Gasteiger charge is 2.37. The predicted octanol–water partition coefficient (Wildman–Crippen LogP) is -0.146. The Morgan fingerprint density at radius 3 is 2.68 bits per heavy atom. The van der Waals surface area contributed by atoms with Crippen molar-refractivity contribution < 1.29 is 19.1 Å². The maximum atomic E-state index is 12.0. The average molecular weight is 263 g/mol. The summed E-state index contributed by atoms with van der Waals surface area (Å²) in [5, 5.41) is 2.87. The molecule has 0 bridgehead atoms. The van der Waals surface area contributed by atoms with Crippen molar-refractivity contribution in [2.75, 3.05) is 17.3 Å². The van der Waals surface area contributed by atoms with E-state index in [0.29, 0.717) is 11.4 Å². The number of amides is 3. The van der Waals surface area contributed by atoms with Crippen molar-refractivity contribution in [3.63, 3.8) is 0 Å². The molecule has 0 fully saturated rings. The van der Waals surface area contributed by atoms with Crippen LogP contribution in [-0.2, 0) is 14.4 Å². The normalized spacial score (nSPS) is 17.5. The minimum Gasteiger partial charge on any atom is -0.479 e. The van der Waals surface area contributed by atoms with Crippen LogP contribution in [0.1, 0.15) is 6.92 Å². The number of ether oxygens (including phenoxy) is 1. The van der Waals surface area contributed by atoms with Gasteiger partial charge in [-0.05, 0) is 25.1 Å². The molecular weight excluding hydrogens is 250 g/mol. The summed E-state index contributed by atoms with van der Waals surface area (Å²) in [4.78, 5) is 35.6. The molecule has 1 aromatic rings. The number of nitrogens with one attached hydrogen (secondary N) is 1. The van der Waals surface area contributed by atoms with Gasteiger partial charge in [0.15, 0.2) is 6.10 Å². The number of anilines is 2. The first-order valence-corrected chi connectivity index (χ1v) is 5.62. The summed E-state index contributed by atoms with van der Waals surface area (Å²) in [5.41, 5.74) is 5.84. The Morgan fingerprint density at radius 1 is 1.42 bits per heavy atom. The second-order valence-corrected chi connectivity index (χ2v) is 4.04. The standard InChI is InChI=1S/C12H13N3O4/c1-6-11(17)15(12(18)10(13)16)8-5-7(14-2)3-4-9(8)19-6/h3-6,14H,1-2H3,(H2,13,16). The zero-order valence-electron chi connectivity index (χ0n) is 10.5. The van der Waals surface area contributed by atoms with E-state index in [-0.39, 0.29) is 5.69 Å². The summed E-state index contributed by atoms with van der Waals surface area (Å²) in [6.45, 7) is 1.50. The Hall–Kier alpha value is -2.57. The number of rotatable bonds is 1. The number of imide groups is 1. The highest BCUT2D eigenvalue weighted by atomic mass is 16.5. The first kappa shape index (κ1) is 12.9. The second-order valence-electron chi connectivity index (χ2n) is 4.04. The van der Waals surface area contributed by atoms with Gasteiger partial charge in [0.2, 0.25) is 0 Å². The minimum absolute atomic E-state index is 0.207. The number of primary amides is 1. The van der Waals surface area contributed by atoms with Crippen molar-refractivity contribution in [3.05, 3.63) is 18.2 Å². The van der Waals surface area contributed by atoms with Crippen LogP contribution in [0.2, 0.25) is 0 Å². The summed E-state index contributed by atoms with van der Waals surface area (Å²) < 4.78 is 5.38. The van der Waals surface area contributed by atoms with Crippen molar-refractivity contribution >= 4 is 29.1 Å². The molecule has 7 heteroatoms. The number of carbonyl (C=O) groups is 3. The van der Waals surface area contributed by atoms with E-state index in [9.17, 15) is 14.4 Å². The average Bonchev–Trinajstić information content (AvgIpc) is 2.39. The molecule has 0 saturated heterocycles. The Balaban J connectivity index is 2.56. The largest absolute Gasteiger partial charge is 0.479 e. The molecule has 19 heavy (non-hydrogen) atoms. The Bertz CT molecular complexity index is 570. The zero-order valence-corrected chi connectivity index (χ0v) is 10.5. The van der Waals surface area contributed by atoms with E-state index < -0.39 is 23.8 Å². The van der Waals surface area contributed by atoms with Gasteiger partial charge in [-0.2, -0.15) is 0 Å². The van der Waals surface area contributed by atoms with Crippen LogP contribution in [-0.4, -0.2) is 30.9 Å². The predicted molar refractivity (Wildman–Crippen MR) is 67.8 cm³/mol. The van der Waals surface area contributed by atoms with E-state index in [4.69, 9.17) is 10.5 Å². The third kappa shape index (κ3) is 2.10. The molecular formula is C12H13N3O4. The summed E-state index contributed by atoms with van der Waals surface area (Å²) in [5.74, 6) is -2.54. The van der Waals surface area contributed by atoms with Gasteiger partial charge in [0.05, 0.1) is 5.69 Å². The number of hydrogen-bond donors (Lipinski definition) is 2. The molecule has 1 unspecified atom stereocenters. The molecule has 0 radical (unpaired) electrons. The number of carbonyl (C=O) groups excluding carboxylic acids is 3. The molecule has 0 spiro atoms. The number of nitrogens with zero attached hydrogens (tertiary/aromatic N) is 1. The minimum atomic E-state index is -1.19. The van der Waals surface area contributed by atoms with E-state index >= 15 is 0 Å². The van der Waals surface area contributed by atoms with E-state index in [1.54, 1.807) is 25.2 Å². The molecule has 1 atom stereocenters. The first-order chi connectivity index (χ1) is 8.95. The summed E-state index contributed by atoms with van der Waals surface area (Å²) in [7, 11) is 1.69. The summed E-state index contributed by atoms with van der Waals surface area (Å²) >= 11 is 0. The van der Waals surface area contributed by atoms with E-state index in [1.165, 1.54) is 6.92 Å². The van der Waals surface area contributed by atoms with Crippen molar-refractivity contribution in [1.29, 1.82) is 0 Å². The van der Waals surface area contributed by atoms with Gasteiger partial charge in [-0.25, -0.2) is 4.90 Å². The number of fused-ring (bicyclic) bond motifs is 1. The fourth-order valence-corrected chi connectivity index (χ4v) is 1.81.